The van der Waals surface area contributed by atoms with Crippen LogP contribution in [0.4, 0.5) is 9.18 Å². The Bertz CT molecular complexity index is 982. The quantitative estimate of drug-likeness (QED) is 0.785. The summed E-state index contributed by atoms with van der Waals surface area (Å²) in [5.41, 5.74) is 12.5. The number of nitrogens with zero attached hydrogens (tertiary/aromatic N) is 3. The molecule has 1 aromatic heterocycles. The fraction of sp³-hybridized carbons (Fsp3) is 0.450. The standard InChI is InChI=1S/C20H25ClFN5O2/c1-5-11-9-26(19(24)29)17(20(2,3)4)16-14(18(23)28)15(25-27(11)16)10-6-7-13(22)12(21)8-10/h6-8,11,17H,5,9H2,1-4H3,(H2,23,28)(H2,24,29). The number of primary amides is 2. The van der Waals surface area contributed by atoms with Crippen LogP contribution in [0.5, 0.6) is 0 Å². The van der Waals surface area contributed by atoms with Crippen LogP contribution in [0.2, 0.25) is 5.02 Å². The highest BCUT2D eigenvalue weighted by atomic mass is 35.5. The molecule has 9 heteroatoms. The smallest absolute Gasteiger partial charge is 0.315 e. The molecular formula is C20H25ClFN5O2. The number of benzene rings is 1. The van der Waals surface area contributed by atoms with Crippen molar-refractivity contribution in [3.63, 3.8) is 0 Å². The van der Waals surface area contributed by atoms with Gasteiger partial charge < -0.3 is 16.4 Å². The summed E-state index contributed by atoms with van der Waals surface area (Å²) in [6.45, 7) is 8.19. The molecule has 1 aliphatic rings. The summed E-state index contributed by atoms with van der Waals surface area (Å²) in [6, 6.07) is 2.87. The first kappa shape index (κ1) is 21.1. The number of hydrogen-bond acceptors (Lipinski definition) is 3. The Morgan fingerprint density at radius 2 is 1.97 bits per heavy atom. The van der Waals surface area contributed by atoms with E-state index in [-0.39, 0.29) is 16.6 Å². The van der Waals surface area contributed by atoms with Gasteiger partial charge in [-0.1, -0.05) is 39.3 Å². The molecule has 0 spiro atoms. The number of halogens is 2. The van der Waals surface area contributed by atoms with Gasteiger partial charge in [0.2, 0.25) is 0 Å². The minimum Gasteiger partial charge on any atom is -0.365 e. The molecule has 0 bridgehead atoms. The molecule has 2 atom stereocenters. The molecule has 0 saturated carbocycles. The Hall–Kier alpha value is -2.61. The van der Waals surface area contributed by atoms with Crippen molar-refractivity contribution in [2.45, 2.75) is 46.2 Å². The number of amides is 3. The normalized spacial score (nSPS) is 19.2. The van der Waals surface area contributed by atoms with E-state index in [0.29, 0.717) is 29.9 Å². The maximum atomic E-state index is 13.7. The third kappa shape index (κ3) is 3.57. The Balaban J connectivity index is 2.36. The van der Waals surface area contributed by atoms with E-state index in [4.69, 9.17) is 23.1 Å². The van der Waals surface area contributed by atoms with Crippen LogP contribution in [0.25, 0.3) is 11.3 Å². The van der Waals surface area contributed by atoms with Crippen LogP contribution in [0.15, 0.2) is 18.2 Å². The SMILES string of the molecule is CCC1CN(C(N)=O)C(C(C)(C)C)c2c(C(N)=O)c(-c3ccc(F)c(Cl)c3)nn21. The molecule has 3 rings (SSSR count). The minimum absolute atomic E-state index is 0.0814. The number of nitrogens with two attached hydrogens (primary N) is 2. The second-order valence-electron chi connectivity index (χ2n) is 8.37. The summed E-state index contributed by atoms with van der Waals surface area (Å²) < 4.78 is 15.4. The summed E-state index contributed by atoms with van der Waals surface area (Å²) in [6.07, 6.45) is 0.664. The maximum absolute atomic E-state index is 13.7. The lowest BCUT2D eigenvalue weighted by Crippen LogP contribution is -2.51. The number of aromatic nitrogens is 2. The third-order valence-electron chi connectivity index (χ3n) is 5.29. The first-order chi connectivity index (χ1) is 13.5. The van der Waals surface area contributed by atoms with Crippen LogP contribution < -0.4 is 11.5 Å². The van der Waals surface area contributed by atoms with Crippen molar-refractivity contribution >= 4 is 23.5 Å². The summed E-state index contributed by atoms with van der Waals surface area (Å²) in [5.74, 6) is -1.25. The lowest BCUT2D eigenvalue weighted by atomic mass is 9.80. The molecule has 156 valence electrons. The van der Waals surface area contributed by atoms with Gasteiger partial charge in [-0.25, -0.2) is 9.18 Å². The average Bonchev–Trinajstić information content (AvgIpc) is 3.01. The molecule has 29 heavy (non-hydrogen) atoms. The lowest BCUT2D eigenvalue weighted by molar-refractivity contribution is 0.0752. The van der Waals surface area contributed by atoms with Crippen LogP contribution in [0.1, 0.15) is 62.3 Å². The van der Waals surface area contributed by atoms with E-state index in [0.717, 1.165) is 0 Å². The second-order valence-corrected chi connectivity index (χ2v) is 8.77. The lowest BCUT2D eigenvalue weighted by Gasteiger charge is -2.45. The topological polar surface area (TPSA) is 107 Å². The monoisotopic (exact) mass is 421 g/mol. The highest BCUT2D eigenvalue weighted by molar-refractivity contribution is 6.31. The molecule has 0 fully saturated rings. The van der Waals surface area contributed by atoms with E-state index in [1.54, 1.807) is 9.58 Å². The van der Waals surface area contributed by atoms with Gasteiger partial charge in [-0.05, 0) is 30.0 Å². The highest BCUT2D eigenvalue weighted by Gasteiger charge is 2.45. The number of fused-ring (bicyclic) bond motifs is 1. The molecule has 2 unspecified atom stereocenters. The fourth-order valence-electron chi connectivity index (χ4n) is 4.03. The third-order valence-corrected chi connectivity index (χ3v) is 5.58. The average molecular weight is 422 g/mol. The maximum Gasteiger partial charge on any atom is 0.315 e. The molecular weight excluding hydrogens is 397 g/mol. The molecule has 2 aromatic rings. The summed E-state index contributed by atoms with van der Waals surface area (Å²) in [7, 11) is 0. The Labute approximate surface area is 173 Å². The van der Waals surface area contributed by atoms with Gasteiger partial charge in [-0.3, -0.25) is 9.48 Å². The van der Waals surface area contributed by atoms with Crippen LogP contribution in [0, 0.1) is 11.2 Å². The molecule has 0 radical (unpaired) electrons. The van der Waals surface area contributed by atoms with E-state index in [9.17, 15) is 14.0 Å². The predicted molar refractivity (Wildman–Crippen MR) is 109 cm³/mol. The van der Waals surface area contributed by atoms with Crippen LogP contribution in [-0.2, 0) is 0 Å². The van der Waals surface area contributed by atoms with Crippen LogP contribution in [0.3, 0.4) is 0 Å². The van der Waals surface area contributed by atoms with Gasteiger partial charge in [-0.15, -0.1) is 0 Å². The number of carbonyl (C=O) groups is 2. The van der Waals surface area contributed by atoms with Crippen LogP contribution >= 0.6 is 11.6 Å². The van der Waals surface area contributed by atoms with E-state index in [1.807, 2.05) is 27.7 Å². The van der Waals surface area contributed by atoms with Gasteiger partial charge in [0.15, 0.2) is 0 Å². The molecule has 2 heterocycles. The van der Waals surface area contributed by atoms with E-state index in [2.05, 4.69) is 5.10 Å². The van der Waals surface area contributed by atoms with Crippen molar-refractivity contribution in [1.29, 1.82) is 0 Å². The van der Waals surface area contributed by atoms with Gasteiger partial charge in [0.05, 0.1) is 28.4 Å². The molecule has 1 aliphatic heterocycles. The van der Waals surface area contributed by atoms with Crippen molar-refractivity contribution in [1.82, 2.24) is 14.7 Å². The summed E-state index contributed by atoms with van der Waals surface area (Å²) in [4.78, 5) is 26.4. The van der Waals surface area contributed by atoms with Crippen molar-refractivity contribution < 1.29 is 14.0 Å². The molecule has 7 nitrogen and oxygen atoms in total. The van der Waals surface area contributed by atoms with Crippen molar-refractivity contribution in [3.8, 4) is 11.3 Å². The first-order valence-corrected chi connectivity index (χ1v) is 9.78. The second kappa shape index (κ2) is 7.33. The molecule has 3 amide bonds. The summed E-state index contributed by atoms with van der Waals surface area (Å²) in [5, 5.41) is 4.60. The summed E-state index contributed by atoms with van der Waals surface area (Å²) >= 11 is 5.95. The molecule has 0 aliphatic carbocycles. The van der Waals surface area contributed by atoms with Crippen molar-refractivity contribution in [2.75, 3.05) is 6.54 Å². The zero-order chi connectivity index (χ0) is 21.7. The van der Waals surface area contributed by atoms with E-state index < -0.39 is 29.2 Å². The van der Waals surface area contributed by atoms with Crippen molar-refractivity contribution in [3.05, 3.63) is 40.3 Å². The van der Waals surface area contributed by atoms with Gasteiger partial charge in [0.1, 0.15) is 11.5 Å². The fourth-order valence-corrected chi connectivity index (χ4v) is 4.21. The molecule has 1 aromatic carbocycles. The minimum atomic E-state index is -0.683. The van der Waals surface area contributed by atoms with Gasteiger partial charge in [0, 0.05) is 12.1 Å². The highest BCUT2D eigenvalue weighted by Crippen LogP contribution is 2.46. The largest absolute Gasteiger partial charge is 0.365 e. The predicted octanol–water partition coefficient (Wildman–Crippen LogP) is 3.87. The van der Waals surface area contributed by atoms with E-state index in [1.165, 1.54) is 18.2 Å². The Morgan fingerprint density at radius 1 is 1.31 bits per heavy atom. The molecule has 4 N–H and O–H groups in total. The van der Waals surface area contributed by atoms with Gasteiger partial charge >= 0.3 is 6.03 Å². The van der Waals surface area contributed by atoms with Crippen molar-refractivity contribution in [2.24, 2.45) is 16.9 Å². The number of hydrogen-bond donors (Lipinski definition) is 2. The number of carbonyl (C=O) groups excluding carboxylic acids is 2. The number of urea groups is 1. The Morgan fingerprint density at radius 3 is 2.45 bits per heavy atom. The van der Waals surface area contributed by atoms with Gasteiger partial charge in [0.25, 0.3) is 5.91 Å². The van der Waals surface area contributed by atoms with Crippen LogP contribution in [-0.4, -0.2) is 33.2 Å². The zero-order valence-corrected chi connectivity index (χ0v) is 17.6. The Kier molecular flexibility index (Phi) is 5.34. The van der Waals surface area contributed by atoms with E-state index >= 15 is 0 Å². The first-order valence-electron chi connectivity index (χ1n) is 9.41. The number of rotatable bonds is 3. The molecule has 0 saturated heterocycles. The zero-order valence-electron chi connectivity index (χ0n) is 16.9. The van der Waals surface area contributed by atoms with Gasteiger partial charge in [-0.2, -0.15) is 5.10 Å².